The van der Waals surface area contributed by atoms with Crippen LogP contribution in [0.2, 0.25) is 0 Å². The monoisotopic (exact) mass is 625 g/mol. The van der Waals surface area contributed by atoms with Gasteiger partial charge < -0.3 is 0 Å². The Kier molecular flexibility index (Phi) is 10.1. The topological polar surface area (TPSA) is 30.9 Å². The number of nitrogens with zero attached hydrogens (tertiary/aromatic N) is 1. The van der Waals surface area contributed by atoms with Crippen LogP contribution in [-0.4, -0.2) is 59.2 Å². The molecule has 0 saturated carbocycles. The van der Waals surface area contributed by atoms with Gasteiger partial charge in [0.2, 0.25) is 0 Å². The second kappa shape index (κ2) is 14.1. The molecule has 5 heteroatoms. The average molecular weight is 626 g/mol. The Morgan fingerprint density at radius 1 is 0.744 bits per heavy atom. The van der Waals surface area contributed by atoms with Crippen LogP contribution in [0.3, 0.4) is 0 Å². The van der Waals surface area contributed by atoms with E-state index in [9.17, 15) is 0 Å². The van der Waals surface area contributed by atoms with Crippen molar-refractivity contribution in [2.24, 2.45) is 0 Å². The standard InChI is InChI=1S/C20H20O2.C14H20NO.In/c1-3-22-20-11-9-18(10-12-20)15-17(2)13-14-21-16-19-7-5-4-6-8-19;1-13-5-7-14(8-6-13)16-12-11-15-9-3-2-4-10-15;/h4-13H,3,16H2,1-2H3;5-8H,1-4,9-12H2;. The van der Waals surface area contributed by atoms with Crippen molar-refractivity contribution >= 4 is 24.8 Å². The first-order valence-electron chi connectivity index (χ1n) is 14.5. The SMILES string of the molecule is CCOc1ccc([C]2=C(C)C=[C](OCc3ccccc3)[In]2[CH2]c2ccc(OCCN3CCCCC3)cc2)cc1. The number of hydrogen-bond donors (Lipinski definition) is 0. The van der Waals surface area contributed by atoms with Crippen molar-refractivity contribution in [1.82, 2.24) is 4.90 Å². The third-order valence-electron chi connectivity index (χ3n) is 7.69. The first-order valence-corrected chi connectivity index (χ1v) is 20.1. The van der Waals surface area contributed by atoms with Crippen LogP contribution in [0.5, 0.6) is 11.5 Å². The Labute approximate surface area is 241 Å². The van der Waals surface area contributed by atoms with Gasteiger partial charge in [0.1, 0.15) is 0 Å². The van der Waals surface area contributed by atoms with Gasteiger partial charge in [0.05, 0.1) is 0 Å². The minimum atomic E-state index is -2.53. The van der Waals surface area contributed by atoms with Crippen LogP contribution in [0.1, 0.15) is 49.8 Å². The summed E-state index contributed by atoms with van der Waals surface area (Å²) in [6, 6.07) is 27.9. The van der Waals surface area contributed by atoms with Crippen LogP contribution in [0, 0.1) is 0 Å². The average Bonchev–Trinajstić information content (AvgIpc) is 3.29. The van der Waals surface area contributed by atoms with Crippen molar-refractivity contribution in [3.63, 3.8) is 0 Å². The zero-order valence-corrected chi connectivity index (χ0v) is 26.7. The zero-order chi connectivity index (χ0) is 26.9. The van der Waals surface area contributed by atoms with Gasteiger partial charge in [-0.2, -0.15) is 0 Å². The van der Waals surface area contributed by atoms with Crippen molar-refractivity contribution in [2.45, 2.75) is 43.9 Å². The number of hydrogen-bond acceptors (Lipinski definition) is 4. The molecular formula is C34H40InNO3. The van der Waals surface area contributed by atoms with Gasteiger partial charge in [0, 0.05) is 0 Å². The van der Waals surface area contributed by atoms with Gasteiger partial charge in [-0.15, -0.1) is 0 Å². The molecule has 2 heterocycles. The van der Waals surface area contributed by atoms with Gasteiger partial charge in [0.25, 0.3) is 0 Å². The molecule has 3 aromatic rings. The van der Waals surface area contributed by atoms with E-state index in [2.05, 4.69) is 96.8 Å². The summed E-state index contributed by atoms with van der Waals surface area (Å²) >= 11 is -2.53. The zero-order valence-electron chi connectivity index (χ0n) is 23.4. The van der Waals surface area contributed by atoms with Crippen molar-refractivity contribution in [1.29, 1.82) is 0 Å². The van der Waals surface area contributed by atoms with E-state index in [-0.39, 0.29) is 0 Å². The van der Waals surface area contributed by atoms with Crippen molar-refractivity contribution in [2.75, 3.05) is 32.8 Å². The predicted octanol–water partition coefficient (Wildman–Crippen LogP) is 7.19. The first kappa shape index (κ1) is 27.9. The van der Waals surface area contributed by atoms with Crippen LogP contribution in [0.4, 0.5) is 0 Å². The number of ether oxygens (including phenoxy) is 3. The maximum atomic E-state index is 6.55. The Morgan fingerprint density at radius 2 is 1.44 bits per heavy atom. The fraction of sp³-hybridized carbons (Fsp3) is 0.353. The summed E-state index contributed by atoms with van der Waals surface area (Å²) in [6.07, 6.45) is 6.32. The molecule has 0 N–H and O–H groups in total. The molecule has 0 radical (unpaired) electrons. The van der Waals surface area contributed by atoms with E-state index in [4.69, 9.17) is 14.2 Å². The van der Waals surface area contributed by atoms with Crippen LogP contribution in [0.15, 0.2) is 94.0 Å². The summed E-state index contributed by atoms with van der Waals surface area (Å²) in [6.45, 7) is 9.76. The predicted molar refractivity (Wildman–Crippen MR) is 161 cm³/mol. The molecule has 1 fully saturated rings. The Balaban J connectivity index is 1.28. The van der Waals surface area contributed by atoms with Gasteiger partial charge in [0.15, 0.2) is 0 Å². The molecule has 3 aromatic carbocycles. The van der Waals surface area contributed by atoms with Gasteiger partial charge in [-0.05, 0) is 0 Å². The summed E-state index contributed by atoms with van der Waals surface area (Å²) in [5, 5.41) is 0. The molecule has 0 bridgehead atoms. The van der Waals surface area contributed by atoms with Crippen LogP contribution in [-0.2, 0) is 15.5 Å². The Morgan fingerprint density at radius 3 is 2.15 bits per heavy atom. The quantitative estimate of drug-likeness (QED) is 0.213. The second-order valence-corrected chi connectivity index (χ2v) is 18.1. The number of piperidine rings is 1. The molecule has 0 atom stereocenters. The molecule has 202 valence electrons. The summed E-state index contributed by atoms with van der Waals surface area (Å²) in [4.78, 5) is 2.52. The molecule has 0 aliphatic carbocycles. The first-order chi connectivity index (χ1) is 19.2. The van der Waals surface area contributed by atoms with Gasteiger partial charge >= 0.3 is 243 Å². The Bertz CT molecular complexity index is 1250. The molecule has 2 aliphatic heterocycles. The molecule has 2 aliphatic rings. The minimum absolute atomic E-state index is 0.619. The number of rotatable bonds is 12. The van der Waals surface area contributed by atoms with Crippen LogP contribution in [0.25, 0.3) is 3.33 Å². The van der Waals surface area contributed by atoms with E-state index in [1.54, 1.807) is 0 Å². The summed E-state index contributed by atoms with van der Waals surface area (Å²) < 4.78 is 22.2. The molecule has 0 amide bonds. The van der Waals surface area contributed by atoms with Crippen molar-refractivity contribution < 1.29 is 14.2 Å². The van der Waals surface area contributed by atoms with E-state index in [0.29, 0.717) is 13.2 Å². The van der Waals surface area contributed by atoms with Gasteiger partial charge in [-0.3, -0.25) is 0 Å². The number of likely N-dealkylation sites (tertiary alicyclic amines) is 1. The molecule has 0 aromatic heterocycles. The molecule has 4 nitrogen and oxygen atoms in total. The van der Waals surface area contributed by atoms with E-state index >= 15 is 0 Å². The molecule has 0 unspecified atom stereocenters. The fourth-order valence-corrected chi connectivity index (χ4v) is 15.3. The third-order valence-corrected chi connectivity index (χ3v) is 17.4. The van der Waals surface area contributed by atoms with Gasteiger partial charge in [-0.25, -0.2) is 0 Å². The number of allylic oxidation sites excluding steroid dienone is 2. The maximum absolute atomic E-state index is 6.55. The summed E-state index contributed by atoms with van der Waals surface area (Å²) in [5.41, 5.74) is 5.23. The molecule has 0 spiro atoms. The van der Waals surface area contributed by atoms with E-state index in [1.807, 2.05) is 6.92 Å². The van der Waals surface area contributed by atoms with Crippen LogP contribution < -0.4 is 9.47 Å². The van der Waals surface area contributed by atoms with E-state index in [1.165, 1.54) is 61.5 Å². The fourth-order valence-electron chi connectivity index (χ4n) is 5.65. The second-order valence-electron chi connectivity index (χ2n) is 10.5. The molecule has 1 saturated heterocycles. The van der Waals surface area contributed by atoms with E-state index < -0.39 is 21.4 Å². The molecule has 39 heavy (non-hydrogen) atoms. The summed E-state index contributed by atoms with van der Waals surface area (Å²) in [7, 11) is 0. The van der Waals surface area contributed by atoms with Gasteiger partial charge in [-0.1, -0.05) is 0 Å². The summed E-state index contributed by atoms with van der Waals surface area (Å²) in [5.74, 6) is 1.89. The third kappa shape index (κ3) is 7.73. The van der Waals surface area contributed by atoms with Crippen molar-refractivity contribution in [3.8, 4) is 11.5 Å². The number of benzene rings is 3. The normalized spacial score (nSPS) is 15.8. The van der Waals surface area contributed by atoms with Crippen LogP contribution >= 0.6 is 0 Å². The van der Waals surface area contributed by atoms with Crippen molar-refractivity contribution in [3.05, 3.63) is 111 Å². The Hall–Kier alpha value is -2.63. The molecule has 5 rings (SSSR count). The molecular weight excluding hydrogens is 585 g/mol. The van der Waals surface area contributed by atoms with E-state index in [0.717, 1.165) is 28.8 Å².